The fraction of sp³-hybridized carbons (Fsp3) is 1.00. The van der Waals surface area contributed by atoms with Gasteiger partial charge in [-0.15, -0.1) is 0 Å². The van der Waals surface area contributed by atoms with Crippen LogP contribution in [0.25, 0.3) is 0 Å². The smallest absolute Gasteiger partial charge is 0.102 e. The molecule has 0 spiro atoms. The lowest BCUT2D eigenvalue weighted by molar-refractivity contribution is 0.688. The molecule has 0 aromatic rings. The molecular formula is C2H8N2OS2. The maximum Gasteiger partial charge on any atom is 0.102 e. The Morgan fingerprint density at radius 2 is 1.86 bits per heavy atom. The molecule has 1 unspecified atom stereocenters. The van der Waals surface area contributed by atoms with Gasteiger partial charge in [0.1, 0.15) is 8.76 Å². The van der Waals surface area contributed by atoms with Crippen LogP contribution >= 0.6 is 0 Å². The largest absolute Gasteiger partial charge is 0.267 e. The summed E-state index contributed by atoms with van der Waals surface area (Å²) in [6.45, 7) is 0. The molecule has 0 aliphatic rings. The third-order valence-corrected chi connectivity index (χ3v) is 4.29. The van der Waals surface area contributed by atoms with Gasteiger partial charge in [0.2, 0.25) is 0 Å². The zero-order valence-corrected chi connectivity index (χ0v) is 5.86. The van der Waals surface area contributed by atoms with E-state index >= 15 is 0 Å². The van der Waals surface area contributed by atoms with E-state index in [1.165, 1.54) is 12.5 Å². The predicted molar refractivity (Wildman–Crippen MR) is 32.8 cm³/mol. The molecule has 0 aliphatic carbocycles. The highest BCUT2D eigenvalue weighted by Gasteiger charge is 1.93. The van der Waals surface area contributed by atoms with Crippen molar-refractivity contribution in [3.8, 4) is 0 Å². The third-order valence-electron chi connectivity index (χ3n) is 0.477. The average Bonchev–Trinajstić information content (AvgIpc) is 1.31. The van der Waals surface area contributed by atoms with Crippen molar-refractivity contribution in [1.82, 2.24) is 0 Å². The van der Waals surface area contributed by atoms with E-state index in [4.69, 9.17) is 9.56 Å². The molecule has 44 valence electrons. The van der Waals surface area contributed by atoms with Crippen molar-refractivity contribution in [1.29, 1.82) is 9.56 Å². The zero-order valence-electron chi connectivity index (χ0n) is 4.22. The van der Waals surface area contributed by atoms with Gasteiger partial charge >= 0.3 is 0 Å². The Balaban J connectivity index is 4.43. The van der Waals surface area contributed by atoms with Crippen molar-refractivity contribution in [2.45, 2.75) is 0 Å². The van der Waals surface area contributed by atoms with E-state index in [1.807, 2.05) is 0 Å². The van der Waals surface area contributed by atoms with Gasteiger partial charge in [-0.1, -0.05) is 0 Å². The highest BCUT2D eigenvalue weighted by atomic mass is 33.2. The maximum atomic E-state index is 10.4. The summed E-state index contributed by atoms with van der Waals surface area (Å²) in [5.41, 5.74) is 0. The van der Waals surface area contributed by atoms with E-state index < -0.39 is 18.5 Å². The third kappa shape index (κ3) is 2.76. The molecule has 2 atom stereocenters. The molecule has 0 heterocycles. The fourth-order valence-corrected chi connectivity index (χ4v) is 0. The van der Waals surface area contributed by atoms with Gasteiger partial charge in [-0.25, -0.2) is 8.99 Å². The summed E-state index contributed by atoms with van der Waals surface area (Å²) >= 11 is 0. The van der Waals surface area contributed by atoms with Crippen LogP contribution in [0.15, 0.2) is 0 Å². The van der Waals surface area contributed by atoms with E-state index in [2.05, 4.69) is 0 Å². The van der Waals surface area contributed by atoms with E-state index in [1.54, 1.807) is 0 Å². The minimum atomic E-state index is -2.55. The van der Waals surface area contributed by atoms with Crippen LogP contribution in [-0.2, 0) is 18.5 Å². The Morgan fingerprint density at radius 3 is 1.86 bits per heavy atom. The number of rotatable bonds is 1. The molecule has 2 N–H and O–H groups in total. The molecule has 0 saturated carbocycles. The lowest BCUT2D eigenvalue weighted by Crippen LogP contribution is -1.97. The Kier molecular flexibility index (Phi) is 1.94. The monoisotopic (exact) mass is 140 g/mol. The molecule has 0 amide bonds. The molecule has 3 nitrogen and oxygen atoms in total. The summed E-state index contributed by atoms with van der Waals surface area (Å²) in [7, 11) is -3.53. The van der Waals surface area contributed by atoms with Crippen molar-refractivity contribution in [3.05, 3.63) is 0 Å². The van der Waals surface area contributed by atoms with Crippen molar-refractivity contribution < 1.29 is 4.21 Å². The second kappa shape index (κ2) is 1.92. The van der Waals surface area contributed by atoms with Crippen LogP contribution in [0.2, 0.25) is 0 Å². The molecule has 0 aromatic heterocycles. The molecular weight excluding hydrogens is 132 g/mol. The Hall–Kier alpha value is 0.1000. The van der Waals surface area contributed by atoms with Crippen molar-refractivity contribution in [2.24, 2.45) is 0 Å². The number of hydrogen-bond donors (Lipinski definition) is 2. The molecule has 0 aliphatic heterocycles. The first-order chi connectivity index (χ1) is 2.94. The van der Waals surface area contributed by atoms with Gasteiger partial charge in [-0.3, -0.25) is 4.78 Å². The number of nitrogens with one attached hydrogen (secondary N) is 2. The lowest BCUT2D eigenvalue weighted by Gasteiger charge is -1.92. The van der Waals surface area contributed by atoms with E-state index in [0.29, 0.717) is 0 Å². The van der Waals surface area contributed by atoms with Crippen LogP contribution in [0, 0.1) is 9.56 Å². The standard InChI is InChI=1S/C2H8N2OS2/c1-6(3)7(2,4)5/h3-4H,1-2H3/t6?,7-/m1/s1. The summed E-state index contributed by atoms with van der Waals surface area (Å²) in [6, 6.07) is 0. The average molecular weight is 140 g/mol. The van der Waals surface area contributed by atoms with Gasteiger partial charge in [-0.2, -0.15) is 0 Å². The molecule has 5 heteroatoms. The second-order valence-electron chi connectivity index (χ2n) is 1.23. The number of hydrogen-bond acceptors (Lipinski definition) is 3. The zero-order chi connectivity index (χ0) is 6.08. The van der Waals surface area contributed by atoms with E-state index in [-0.39, 0.29) is 0 Å². The van der Waals surface area contributed by atoms with Crippen LogP contribution < -0.4 is 0 Å². The lowest BCUT2D eigenvalue weighted by atomic mass is 12.0. The Morgan fingerprint density at radius 1 is 1.71 bits per heavy atom. The highest BCUT2D eigenvalue weighted by Crippen LogP contribution is 1.88. The van der Waals surface area contributed by atoms with E-state index in [0.717, 1.165) is 0 Å². The van der Waals surface area contributed by atoms with Gasteiger partial charge in [-0.05, 0) is 9.72 Å². The molecule has 7 heavy (non-hydrogen) atoms. The van der Waals surface area contributed by atoms with Crippen LogP contribution in [0.5, 0.6) is 0 Å². The van der Waals surface area contributed by atoms with Crippen LogP contribution in [0.3, 0.4) is 0 Å². The van der Waals surface area contributed by atoms with E-state index in [9.17, 15) is 4.21 Å². The van der Waals surface area contributed by atoms with Crippen molar-refractivity contribution >= 4 is 18.5 Å². The van der Waals surface area contributed by atoms with Gasteiger partial charge < -0.3 is 0 Å². The maximum absolute atomic E-state index is 10.4. The van der Waals surface area contributed by atoms with Gasteiger partial charge in [0.25, 0.3) is 0 Å². The summed E-state index contributed by atoms with van der Waals surface area (Å²) in [5, 5.41) is 0. The minimum absolute atomic E-state index is 0.988. The Bertz CT molecular complexity index is 168. The first-order valence-corrected chi connectivity index (χ1v) is 5.67. The molecule has 0 aromatic carbocycles. The minimum Gasteiger partial charge on any atom is -0.267 e. The fourth-order valence-electron chi connectivity index (χ4n) is 0. The first-order valence-electron chi connectivity index (χ1n) is 1.56. The summed E-state index contributed by atoms with van der Waals surface area (Å²) in [4.78, 5) is 0. The van der Waals surface area contributed by atoms with Crippen LogP contribution in [-0.4, -0.2) is 16.7 Å². The second-order valence-corrected chi connectivity index (χ2v) is 7.09. The molecule has 0 bridgehead atoms. The SMILES string of the molecule is CS(=N)[S@](C)(=N)=O. The van der Waals surface area contributed by atoms with Crippen molar-refractivity contribution in [2.75, 3.05) is 12.5 Å². The van der Waals surface area contributed by atoms with Crippen LogP contribution in [0.4, 0.5) is 0 Å². The summed E-state index contributed by atoms with van der Waals surface area (Å²) < 4.78 is 23.9. The molecule has 0 saturated heterocycles. The predicted octanol–water partition coefficient (Wildman–Crippen LogP) is 0.588. The molecule has 0 fully saturated rings. The van der Waals surface area contributed by atoms with Crippen LogP contribution in [0.1, 0.15) is 0 Å². The molecule has 0 radical (unpaired) electrons. The van der Waals surface area contributed by atoms with Gasteiger partial charge in [0, 0.05) is 12.5 Å². The quantitative estimate of drug-likeness (QED) is 0.514. The van der Waals surface area contributed by atoms with Gasteiger partial charge in [0.15, 0.2) is 0 Å². The Labute approximate surface area is 45.4 Å². The van der Waals surface area contributed by atoms with Crippen molar-refractivity contribution in [3.63, 3.8) is 0 Å². The molecule has 0 rings (SSSR count). The first kappa shape index (κ1) is 7.10. The normalized spacial score (nSPS) is 23.1. The highest BCUT2D eigenvalue weighted by molar-refractivity contribution is 8.64. The summed E-state index contributed by atoms with van der Waals surface area (Å²) in [5.74, 6) is 0. The summed E-state index contributed by atoms with van der Waals surface area (Å²) in [6.07, 6.45) is 2.76. The van der Waals surface area contributed by atoms with Gasteiger partial charge in [0.05, 0.1) is 0 Å². The topological polar surface area (TPSA) is 64.8 Å².